The Bertz CT molecular complexity index is 632. The molecule has 19 heavy (non-hydrogen) atoms. The van der Waals surface area contributed by atoms with Crippen LogP contribution in [0.5, 0.6) is 0 Å². The Morgan fingerprint density at radius 1 is 1.37 bits per heavy atom. The average Bonchev–Trinajstić information content (AvgIpc) is 2.86. The van der Waals surface area contributed by atoms with E-state index in [0.717, 1.165) is 10.9 Å². The number of carbonyl (C=O) groups excluding carboxylic acids is 1. The number of carboxylic acids is 1. The summed E-state index contributed by atoms with van der Waals surface area (Å²) in [7, 11) is 0. The van der Waals surface area contributed by atoms with Crippen LogP contribution in [0.15, 0.2) is 30.5 Å². The van der Waals surface area contributed by atoms with Crippen LogP contribution in [0.2, 0.25) is 0 Å². The molecule has 1 unspecified atom stereocenters. The lowest BCUT2D eigenvalue weighted by Gasteiger charge is -2.24. The monoisotopic (exact) mass is 260 g/mol. The van der Waals surface area contributed by atoms with E-state index in [0.29, 0.717) is 12.0 Å². The van der Waals surface area contributed by atoms with Gasteiger partial charge in [0.15, 0.2) is 0 Å². The molecule has 1 heterocycles. The summed E-state index contributed by atoms with van der Waals surface area (Å²) in [6, 6.07) is 7.11. The average molecular weight is 260 g/mol. The number of H-pyrrole nitrogens is 1. The third kappa shape index (κ3) is 2.31. The molecule has 5 heteroatoms. The molecule has 2 aromatic rings. The van der Waals surface area contributed by atoms with Crippen molar-refractivity contribution < 1.29 is 14.7 Å². The lowest BCUT2D eigenvalue weighted by Crippen LogP contribution is -2.51. The minimum absolute atomic E-state index is 0.317. The number of benzene rings is 1. The molecule has 5 nitrogen and oxygen atoms in total. The summed E-state index contributed by atoms with van der Waals surface area (Å²) in [5, 5.41) is 12.6. The van der Waals surface area contributed by atoms with Crippen molar-refractivity contribution in [2.24, 2.45) is 0 Å². The zero-order valence-electron chi connectivity index (χ0n) is 10.9. The van der Waals surface area contributed by atoms with Gasteiger partial charge < -0.3 is 15.4 Å². The first-order valence-corrected chi connectivity index (χ1v) is 6.10. The van der Waals surface area contributed by atoms with Crippen LogP contribution in [0.4, 0.5) is 0 Å². The summed E-state index contributed by atoms with van der Waals surface area (Å²) in [5.74, 6) is -1.42. The topological polar surface area (TPSA) is 82.2 Å². The first kappa shape index (κ1) is 13.1. The third-order valence-electron chi connectivity index (χ3n) is 3.41. The minimum atomic E-state index is -1.25. The van der Waals surface area contributed by atoms with Gasteiger partial charge in [-0.1, -0.05) is 13.0 Å². The van der Waals surface area contributed by atoms with Gasteiger partial charge in [-0.15, -0.1) is 0 Å². The Morgan fingerprint density at radius 3 is 2.74 bits per heavy atom. The Kier molecular flexibility index (Phi) is 3.29. The molecular weight excluding hydrogens is 244 g/mol. The van der Waals surface area contributed by atoms with Crippen LogP contribution in [-0.4, -0.2) is 27.5 Å². The SMILES string of the molecule is CCC(C)(NC(=O)c1cccc2[nH]ccc12)C(=O)O. The van der Waals surface area contributed by atoms with Gasteiger partial charge in [0.25, 0.3) is 5.91 Å². The maximum atomic E-state index is 12.2. The standard InChI is InChI=1S/C14H16N2O3/c1-3-14(2,13(18)19)16-12(17)10-5-4-6-11-9(10)7-8-15-11/h4-8,15H,3H2,1-2H3,(H,16,17)(H,18,19). The van der Waals surface area contributed by atoms with E-state index in [2.05, 4.69) is 10.3 Å². The van der Waals surface area contributed by atoms with Crippen LogP contribution in [0.25, 0.3) is 10.9 Å². The molecule has 0 bridgehead atoms. The molecule has 0 saturated carbocycles. The van der Waals surface area contributed by atoms with Crippen molar-refractivity contribution in [2.45, 2.75) is 25.8 Å². The van der Waals surface area contributed by atoms with Gasteiger partial charge in [-0.05, 0) is 31.5 Å². The van der Waals surface area contributed by atoms with Gasteiger partial charge >= 0.3 is 5.97 Å². The Morgan fingerprint density at radius 2 is 2.11 bits per heavy atom. The van der Waals surface area contributed by atoms with Crippen molar-refractivity contribution in [3.8, 4) is 0 Å². The summed E-state index contributed by atoms with van der Waals surface area (Å²) < 4.78 is 0. The Labute approximate surface area is 110 Å². The second kappa shape index (κ2) is 4.76. The molecule has 0 saturated heterocycles. The molecule has 1 aromatic heterocycles. The minimum Gasteiger partial charge on any atom is -0.480 e. The molecule has 2 rings (SSSR count). The maximum absolute atomic E-state index is 12.2. The van der Waals surface area contributed by atoms with Crippen LogP contribution in [0.3, 0.4) is 0 Å². The summed E-state index contributed by atoms with van der Waals surface area (Å²) in [4.78, 5) is 26.5. The van der Waals surface area contributed by atoms with Crippen LogP contribution in [-0.2, 0) is 4.79 Å². The summed E-state index contributed by atoms with van der Waals surface area (Å²) >= 11 is 0. The number of carboxylic acid groups (broad SMARTS) is 1. The summed E-state index contributed by atoms with van der Waals surface area (Å²) in [5.41, 5.74) is 0.0658. The highest BCUT2D eigenvalue weighted by Crippen LogP contribution is 2.19. The predicted molar refractivity (Wildman–Crippen MR) is 72.1 cm³/mol. The van der Waals surface area contributed by atoms with E-state index in [-0.39, 0.29) is 5.91 Å². The van der Waals surface area contributed by atoms with E-state index in [4.69, 9.17) is 0 Å². The third-order valence-corrected chi connectivity index (χ3v) is 3.41. The van der Waals surface area contributed by atoms with E-state index in [9.17, 15) is 14.7 Å². The smallest absolute Gasteiger partial charge is 0.329 e. The number of aliphatic carboxylic acids is 1. The van der Waals surface area contributed by atoms with Crippen molar-refractivity contribution in [1.29, 1.82) is 0 Å². The normalized spacial score (nSPS) is 14.0. The largest absolute Gasteiger partial charge is 0.480 e. The second-order valence-corrected chi connectivity index (χ2v) is 4.69. The molecule has 0 radical (unpaired) electrons. The van der Waals surface area contributed by atoms with Crippen LogP contribution >= 0.6 is 0 Å². The zero-order valence-corrected chi connectivity index (χ0v) is 10.9. The Hall–Kier alpha value is -2.30. The molecular formula is C14H16N2O3. The molecule has 0 aliphatic rings. The van der Waals surface area contributed by atoms with Crippen molar-refractivity contribution in [2.75, 3.05) is 0 Å². The fourth-order valence-corrected chi connectivity index (χ4v) is 1.89. The molecule has 1 atom stereocenters. The number of hydrogen-bond acceptors (Lipinski definition) is 2. The van der Waals surface area contributed by atoms with E-state index in [1.165, 1.54) is 6.92 Å². The maximum Gasteiger partial charge on any atom is 0.329 e. The summed E-state index contributed by atoms with van der Waals surface area (Å²) in [6.45, 7) is 3.23. The predicted octanol–water partition coefficient (Wildman–Crippen LogP) is 2.15. The lowest BCUT2D eigenvalue weighted by atomic mass is 9.98. The summed E-state index contributed by atoms with van der Waals surface area (Å²) in [6.07, 6.45) is 2.06. The molecule has 0 aliphatic carbocycles. The van der Waals surface area contributed by atoms with Crippen LogP contribution < -0.4 is 5.32 Å². The van der Waals surface area contributed by atoms with E-state index in [1.54, 1.807) is 31.3 Å². The number of hydrogen-bond donors (Lipinski definition) is 3. The van der Waals surface area contributed by atoms with Crippen molar-refractivity contribution in [3.05, 3.63) is 36.0 Å². The van der Waals surface area contributed by atoms with Gasteiger partial charge in [-0.3, -0.25) is 4.79 Å². The van der Waals surface area contributed by atoms with Gasteiger partial charge in [0.1, 0.15) is 5.54 Å². The van der Waals surface area contributed by atoms with Gasteiger partial charge in [0.05, 0.1) is 0 Å². The van der Waals surface area contributed by atoms with Gasteiger partial charge in [-0.25, -0.2) is 4.79 Å². The molecule has 100 valence electrons. The molecule has 1 amide bonds. The first-order valence-electron chi connectivity index (χ1n) is 6.10. The molecule has 0 aliphatic heterocycles. The first-order chi connectivity index (χ1) is 8.98. The number of rotatable bonds is 4. The molecule has 0 fully saturated rings. The van der Waals surface area contributed by atoms with Gasteiger partial charge in [0, 0.05) is 22.7 Å². The van der Waals surface area contributed by atoms with Crippen molar-refractivity contribution in [1.82, 2.24) is 10.3 Å². The molecule has 3 N–H and O–H groups in total. The number of nitrogens with one attached hydrogen (secondary N) is 2. The quantitative estimate of drug-likeness (QED) is 0.787. The highest BCUT2D eigenvalue weighted by molar-refractivity contribution is 6.07. The fourth-order valence-electron chi connectivity index (χ4n) is 1.89. The van der Waals surface area contributed by atoms with Gasteiger partial charge in [-0.2, -0.15) is 0 Å². The highest BCUT2D eigenvalue weighted by Gasteiger charge is 2.33. The fraction of sp³-hybridized carbons (Fsp3) is 0.286. The lowest BCUT2D eigenvalue weighted by molar-refractivity contribution is -0.143. The second-order valence-electron chi connectivity index (χ2n) is 4.69. The van der Waals surface area contributed by atoms with Gasteiger partial charge in [0.2, 0.25) is 0 Å². The number of amides is 1. The van der Waals surface area contributed by atoms with E-state index < -0.39 is 11.5 Å². The number of carbonyl (C=O) groups is 2. The van der Waals surface area contributed by atoms with E-state index in [1.807, 2.05) is 6.07 Å². The zero-order chi connectivity index (χ0) is 14.0. The van der Waals surface area contributed by atoms with Crippen molar-refractivity contribution in [3.63, 3.8) is 0 Å². The van der Waals surface area contributed by atoms with E-state index >= 15 is 0 Å². The molecule has 1 aromatic carbocycles. The van der Waals surface area contributed by atoms with Crippen LogP contribution in [0.1, 0.15) is 30.6 Å². The van der Waals surface area contributed by atoms with Crippen molar-refractivity contribution >= 4 is 22.8 Å². The Balaban J connectivity index is 2.35. The molecule has 0 spiro atoms. The number of aromatic nitrogens is 1. The number of aromatic amines is 1. The van der Waals surface area contributed by atoms with Crippen LogP contribution in [0, 0.1) is 0 Å². The highest BCUT2D eigenvalue weighted by atomic mass is 16.4. The number of fused-ring (bicyclic) bond motifs is 1.